The van der Waals surface area contributed by atoms with Gasteiger partial charge in [-0.1, -0.05) is 46.3 Å². The molecule has 1 unspecified atom stereocenters. The Balaban J connectivity index is 2.35. The summed E-state index contributed by atoms with van der Waals surface area (Å²) < 4.78 is 24.6. The lowest BCUT2D eigenvalue weighted by Gasteiger charge is -2.07. The topological polar surface area (TPSA) is 0 Å². The average Bonchev–Trinajstić information content (AvgIpc) is 2.55. The lowest BCUT2D eigenvalue weighted by atomic mass is 10.1. The minimum absolute atomic E-state index is 0.0932. The molecule has 1 aromatic rings. The molecule has 2 rings (SSSR count). The van der Waals surface area contributed by atoms with Gasteiger partial charge in [0.05, 0.1) is 0 Å². The third kappa shape index (κ3) is 0.993. The molecule has 12 heavy (non-hydrogen) atoms. The van der Waals surface area contributed by atoms with Crippen LogP contribution < -0.4 is 0 Å². The smallest absolute Gasteiger partial charge is 0.205 e. The Labute approximate surface area is 77.7 Å². The van der Waals surface area contributed by atoms with Gasteiger partial charge in [-0.2, -0.15) is 0 Å². The fraction of sp³-hybridized carbons (Fsp3) is 0.333. The second kappa shape index (κ2) is 2.28. The first-order chi connectivity index (χ1) is 5.56. The Morgan fingerprint density at radius 3 is 2.08 bits per heavy atom. The Morgan fingerprint density at radius 2 is 1.67 bits per heavy atom. The van der Waals surface area contributed by atoms with Crippen LogP contribution in [0.25, 0.3) is 0 Å². The Kier molecular flexibility index (Phi) is 1.55. The van der Waals surface area contributed by atoms with E-state index in [4.69, 9.17) is 0 Å². The van der Waals surface area contributed by atoms with E-state index in [0.29, 0.717) is 5.56 Å². The predicted octanol–water partition coefficient (Wildman–Crippen LogP) is 3.32. The first kappa shape index (κ1) is 8.17. The van der Waals surface area contributed by atoms with Crippen molar-refractivity contribution in [2.45, 2.75) is 16.7 Å². The summed E-state index contributed by atoms with van der Waals surface area (Å²) in [6.45, 7) is 0. The Hall–Kier alpha value is -0.440. The maximum atomic E-state index is 12.8. The minimum Gasteiger partial charge on any atom is -0.205 e. The zero-order chi connectivity index (χ0) is 8.82. The highest BCUT2D eigenvalue weighted by Crippen LogP contribution is 2.65. The van der Waals surface area contributed by atoms with Gasteiger partial charge in [-0.15, -0.1) is 0 Å². The molecular formula is C9H7BrF2. The highest BCUT2D eigenvalue weighted by molar-refractivity contribution is 9.10. The number of benzene rings is 1. The van der Waals surface area contributed by atoms with Gasteiger partial charge in [0.2, 0.25) is 0 Å². The zero-order valence-corrected chi connectivity index (χ0v) is 7.81. The van der Waals surface area contributed by atoms with E-state index < -0.39 is 10.2 Å². The molecule has 1 atom stereocenters. The molecule has 0 N–H and O–H groups in total. The van der Waals surface area contributed by atoms with E-state index in [1.807, 2.05) is 6.07 Å². The normalized spacial score (nSPS) is 31.6. The second-order valence-electron chi connectivity index (χ2n) is 3.05. The molecule has 0 saturated heterocycles. The van der Waals surface area contributed by atoms with Crippen LogP contribution in [0.15, 0.2) is 30.3 Å². The van der Waals surface area contributed by atoms with Crippen LogP contribution in [-0.4, -0.2) is 5.92 Å². The van der Waals surface area contributed by atoms with Crippen LogP contribution in [0.5, 0.6) is 0 Å². The third-order valence-corrected chi connectivity index (χ3v) is 3.47. The summed E-state index contributed by atoms with van der Waals surface area (Å²) in [5, 5.41) is 0. The van der Waals surface area contributed by atoms with Crippen LogP contribution in [0.2, 0.25) is 0 Å². The molecule has 0 heterocycles. The fourth-order valence-electron chi connectivity index (χ4n) is 1.28. The van der Waals surface area contributed by atoms with E-state index in [0.717, 1.165) is 0 Å². The predicted molar refractivity (Wildman–Crippen MR) is 46.6 cm³/mol. The second-order valence-corrected chi connectivity index (χ2v) is 4.40. The van der Waals surface area contributed by atoms with Gasteiger partial charge >= 0.3 is 0 Å². The number of alkyl halides is 3. The zero-order valence-electron chi connectivity index (χ0n) is 6.23. The summed E-state index contributed by atoms with van der Waals surface area (Å²) in [4.78, 5) is 0. The highest BCUT2D eigenvalue weighted by Gasteiger charge is 2.70. The molecule has 0 aromatic heterocycles. The number of halogens is 3. The van der Waals surface area contributed by atoms with Crippen LogP contribution in [0.4, 0.5) is 8.78 Å². The molecule has 0 nitrogen and oxygen atoms in total. The molecule has 0 spiro atoms. The lowest BCUT2D eigenvalue weighted by molar-refractivity contribution is 0.107. The summed E-state index contributed by atoms with van der Waals surface area (Å²) in [6.07, 6.45) is -0.0932. The first-order valence-corrected chi connectivity index (χ1v) is 4.48. The van der Waals surface area contributed by atoms with Crippen LogP contribution in [-0.2, 0) is 4.32 Å². The summed E-state index contributed by atoms with van der Waals surface area (Å²) in [7, 11) is 0. The third-order valence-electron chi connectivity index (χ3n) is 2.15. The molecule has 1 aliphatic carbocycles. The van der Waals surface area contributed by atoms with Crippen molar-refractivity contribution in [3.05, 3.63) is 35.9 Å². The van der Waals surface area contributed by atoms with E-state index in [9.17, 15) is 8.78 Å². The lowest BCUT2D eigenvalue weighted by Crippen LogP contribution is -2.07. The molecule has 3 heteroatoms. The molecule has 1 aromatic carbocycles. The molecule has 1 fully saturated rings. The van der Waals surface area contributed by atoms with Crippen LogP contribution >= 0.6 is 15.9 Å². The van der Waals surface area contributed by atoms with Crippen molar-refractivity contribution in [1.82, 2.24) is 0 Å². The van der Waals surface area contributed by atoms with Crippen molar-refractivity contribution < 1.29 is 8.78 Å². The van der Waals surface area contributed by atoms with E-state index in [2.05, 4.69) is 15.9 Å². The van der Waals surface area contributed by atoms with E-state index >= 15 is 0 Å². The van der Waals surface area contributed by atoms with Gasteiger partial charge in [-0.25, -0.2) is 8.78 Å². The van der Waals surface area contributed by atoms with Crippen molar-refractivity contribution in [3.8, 4) is 0 Å². The monoisotopic (exact) mass is 232 g/mol. The van der Waals surface area contributed by atoms with Gasteiger partial charge < -0.3 is 0 Å². The molecule has 0 bridgehead atoms. The summed E-state index contributed by atoms with van der Waals surface area (Å²) in [6, 6.07) is 8.80. The number of rotatable bonds is 1. The van der Waals surface area contributed by atoms with Gasteiger partial charge in [-0.3, -0.25) is 0 Å². The van der Waals surface area contributed by atoms with E-state index in [1.54, 1.807) is 24.3 Å². The number of hydrogen-bond donors (Lipinski definition) is 0. The standard InChI is InChI=1S/C9H7BrF2/c10-8(6-9(8,11)12)7-4-2-1-3-5-7/h1-5H,6H2. The molecule has 0 radical (unpaired) electrons. The maximum absolute atomic E-state index is 12.8. The molecule has 0 amide bonds. The van der Waals surface area contributed by atoms with Gasteiger partial charge in [0, 0.05) is 6.42 Å². The molecular weight excluding hydrogens is 226 g/mol. The van der Waals surface area contributed by atoms with Crippen molar-refractivity contribution in [1.29, 1.82) is 0 Å². The van der Waals surface area contributed by atoms with E-state index in [-0.39, 0.29) is 6.42 Å². The first-order valence-electron chi connectivity index (χ1n) is 3.68. The summed E-state index contributed by atoms with van der Waals surface area (Å²) >= 11 is 3.07. The maximum Gasteiger partial charge on any atom is 0.269 e. The molecule has 1 saturated carbocycles. The number of hydrogen-bond acceptors (Lipinski definition) is 0. The van der Waals surface area contributed by atoms with Crippen molar-refractivity contribution in [2.24, 2.45) is 0 Å². The van der Waals surface area contributed by atoms with Gasteiger partial charge in [0.25, 0.3) is 5.92 Å². The molecule has 1 aliphatic rings. The van der Waals surface area contributed by atoms with Gasteiger partial charge in [0.15, 0.2) is 0 Å². The Morgan fingerprint density at radius 1 is 1.17 bits per heavy atom. The van der Waals surface area contributed by atoms with Crippen molar-refractivity contribution in [3.63, 3.8) is 0 Å². The average molecular weight is 233 g/mol. The fourth-order valence-corrected chi connectivity index (χ4v) is 1.89. The van der Waals surface area contributed by atoms with Gasteiger partial charge in [-0.05, 0) is 5.56 Å². The quantitative estimate of drug-likeness (QED) is 0.652. The minimum atomic E-state index is -2.58. The Bertz CT molecular complexity index is 297. The summed E-state index contributed by atoms with van der Waals surface area (Å²) in [5.74, 6) is -2.58. The summed E-state index contributed by atoms with van der Waals surface area (Å²) in [5.41, 5.74) is 0.662. The van der Waals surface area contributed by atoms with Crippen LogP contribution in [0.1, 0.15) is 12.0 Å². The molecule has 0 aliphatic heterocycles. The van der Waals surface area contributed by atoms with Crippen LogP contribution in [0.3, 0.4) is 0 Å². The van der Waals surface area contributed by atoms with Crippen molar-refractivity contribution >= 4 is 15.9 Å². The van der Waals surface area contributed by atoms with Crippen LogP contribution in [0, 0.1) is 0 Å². The van der Waals surface area contributed by atoms with E-state index in [1.165, 1.54) is 0 Å². The molecule has 64 valence electrons. The SMILES string of the molecule is FC1(F)CC1(Br)c1ccccc1. The largest absolute Gasteiger partial charge is 0.269 e. The highest BCUT2D eigenvalue weighted by atomic mass is 79.9. The van der Waals surface area contributed by atoms with Crippen molar-refractivity contribution in [2.75, 3.05) is 0 Å². The van der Waals surface area contributed by atoms with Gasteiger partial charge in [0.1, 0.15) is 4.32 Å².